The molecule has 6 nitrogen and oxygen atoms in total. The highest BCUT2D eigenvalue weighted by Crippen LogP contribution is 2.18. The van der Waals surface area contributed by atoms with E-state index in [-0.39, 0.29) is 5.75 Å². The number of halogens is 1. The number of hydrogen-bond donors (Lipinski definition) is 1. The maximum absolute atomic E-state index is 13.0. The number of rotatable bonds is 5. The summed E-state index contributed by atoms with van der Waals surface area (Å²) in [5.41, 5.74) is 2.41. The maximum atomic E-state index is 13.0. The van der Waals surface area contributed by atoms with Crippen LogP contribution in [0.1, 0.15) is 16.1 Å². The van der Waals surface area contributed by atoms with Crippen LogP contribution in [0.3, 0.4) is 0 Å². The minimum absolute atomic E-state index is 0.267. The summed E-state index contributed by atoms with van der Waals surface area (Å²) in [7, 11) is 0. The standard InChI is InChI=1S/C21H15FN4O2/c22-15-5-7-17(8-6-15)28-21(27)14-4-9-18-19(11-14)26-20(13-24-18)25-12-16-3-1-2-10-23-16/h1-11,13H,12H2,(H,25,26). The van der Waals surface area contributed by atoms with Gasteiger partial charge in [0.2, 0.25) is 0 Å². The molecule has 0 fully saturated rings. The first-order valence-electron chi connectivity index (χ1n) is 8.56. The third-order valence-electron chi connectivity index (χ3n) is 3.98. The topological polar surface area (TPSA) is 77.0 Å². The van der Waals surface area contributed by atoms with Crippen LogP contribution >= 0.6 is 0 Å². The van der Waals surface area contributed by atoms with E-state index in [1.54, 1.807) is 30.6 Å². The summed E-state index contributed by atoms with van der Waals surface area (Å²) in [6.45, 7) is 0.507. The largest absolute Gasteiger partial charge is 0.423 e. The van der Waals surface area contributed by atoms with Crippen molar-refractivity contribution in [2.24, 2.45) is 0 Å². The Morgan fingerprint density at radius 3 is 2.64 bits per heavy atom. The van der Waals surface area contributed by atoms with Crippen molar-refractivity contribution in [1.29, 1.82) is 0 Å². The minimum Gasteiger partial charge on any atom is -0.423 e. The number of esters is 1. The molecule has 2 aromatic heterocycles. The minimum atomic E-state index is -0.554. The summed E-state index contributed by atoms with van der Waals surface area (Å²) in [6, 6.07) is 15.9. The van der Waals surface area contributed by atoms with Gasteiger partial charge >= 0.3 is 5.97 Å². The molecular weight excluding hydrogens is 359 g/mol. The monoisotopic (exact) mass is 374 g/mol. The van der Waals surface area contributed by atoms with Gasteiger partial charge in [0.1, 0.15) is 17.4 Å². The van der Waals surface area contributed by atoms with Gasteiger partial charge in [-0.3, -0.25) is 9.97 Å². The number of hydrogen-bond acceptors (Lipinski definition) is 6. The average molecular weight is 374 g/mol. The van der Waals surface area contributed by atoms with Crippen molar-refractivity contribution < 1.29 is 13.9 Å². The molecule has 0 unspecified atom stereocenters. The fourth-order valence-electron chi connectivity index (χ4n) is 2.58. The highest BCUT2D eigenvalue weighted by atomic mass is 19.1. The van der Waals surface area contributed by atoms with Gasteiger partial charge in [-0.25, -0.2) is 14.2 Å². The van der Waals surface area contributed by atoms with E-state index in [2.05, 4.69) is 20.3 Å². The van der Waals surface area contributed by atoms with Crippen molar-refractivity contribution in [3.63, 3.8) is 0 Å². The van der Waals surface area contributed by atoms with E-state index in [9.17, 15) is 9.18 Å². The van der Waals surface area contributed by atoms with Crippen LogP contribution in [0.15, 0.2) is 73.1 Å². The first kappa shape index (κ1) is 17.5. The van der Waals surface area contributed by atoms with E-state index < -0.39 is 11.8 Å². The zero-order valence-corrected chi connectivity index (χ0v) is 14.7. The molecule has 0 bridgehead atoms. The van der Waals surface area contributed by atoms with Crippen LogP contribution < -0.4 is 10.1 Å². The number of pyridine rings is 1. The number of aromatic nitrogens is 3. The molecule has 2 heterocycles. The molecular formula is C21H15FN4O2. The van der Waals surface area contributed by atoms with Gasteiger partial charge in [0.25, 0.3) is 0 Å². The lowest BCUT2D eigenvalue weighted by atomic mass is 10.2. The number of nitrogens with zero attached hydrogens (tertiary/aromatic N) is 3. The average Bonchev–Trinajstić information content (AvgIpc) is 2.74. The van der Waals surface area contributed by atoms with Crippen molar-refractivity contribution in [2.75, 3.05) is 5.32 Å². The molecule has 1 N–H and O–H groups in total. The molecule has 0 amide bonds. The SMILES string of the molecule is O=C(Oc1ccc(F)cc1)c1ccc2ncc(NCc3ccccn3)nc2c1. The second-order valence-corrected chi connectivity index (χ2v) is 5.98. The lowest BCUT2D eigenvalue weighted by molar-refractivity contribution is 0.0734. The van der Waals surface area contributed by atoms with E-state index in [0.717, 1.165) is 5.69 Å². The molecule has 0 radical (unpaired) electrons. The molecule has 0 atom stereocenters. The van der Waals surface area contributed by atoms with Gasteiger partial charge in [-0.15, -0.1) is 0 Å². The molecule has 0 saturated heterocycles. The number of carbonyl (C=O) groups is 1. The van der Waals surface area contributed by atoms with Crippen molar-refractivity contribution >= 4 is 22.8 Å². The highest BCUT2D eigenvalue weighted by Gasteiger charge is 2.11. The number of fused-ring (bicyclic) bond motifs is 1. The molecule has 138 valence electrons. The molecule has 2 aromatic carbocycles. The predicted octanol–water partition coefficient (Wildman–Crippen LogP) is 4.00. The van der Waals surface area contributed by atoms with Crippen LogP contribution in [0, 0.1) is 5.82 Å². The number of nitrogens with one attached hydrogen (secondary N) is 1. The highest BCUT2D eigenvalue weighted by molar-refractivity contribution is 5.94. The summed E-state index contributed by atoms with van der Waals surface area (Å²) in [6.07, 6.45) is 3.35. The van der Waals surface area contributed by atoms with Crippen LogP contribution in [0.2, 0.25) is 0 Å². The summed E-state index contributed by atoms with van der Waals surface area (Å²) in [5, 5.41) is 3.16. The zero-order valence-electron chi connectivity index (χ0n) is 14.7. The molecule has 4 rings (SSSR count). The second kappa shape index (κ2) is 7.79. The van der Waals surface area contributed by atoms with E-state index in [1.807, 2.05) is 18.2 Å². The number of anilines is 1. The Kier molecular flexibility index (Phi) is 4.88. The van der Waals surface area contributed by atoms with Crippen LogP contribution in [-0.4, -0.2) is 20.9 Å². The third-order valence-corrected chi connectivity index (χ3v) is 3.98. The van der Waals surface area contributed by atoms with Gasteiger partial charge in [-0.05, 0) is 54.6 Å². The van der Waals surface area contributed by atoms with Crippen molar-refractivity contribution in [3.05, 3.63) is 90.1 Å². The van der Waals surface area contributed by atoms with Gasteiger partial charge in [-0.2, -0.15) is 0 Å². The van der Waals surface area contributed by atoms with Crippen molar-refractivity contribution in [2.45, 2.75) is 6.54 Å². The normalized spacial score (nSPS) is 10.6. The Labute approximate surface area is 160 Å². The van der Waals surface area contributed by atoms with Crippen molar-refractivity contribution in [3.8, 4) is 5.75 Å². The molecule has 7 heteroatoms. The number of carbonyl (C=O) groups excluding carboxylic acids is 1. The Balaban J connectivity index is 1.52. The quantitative estimate of drug-likeness (QED) is 0.420. The molecule has 0 saturated carbocycles. The fourth-order valence-corrected chi connectivity index (χ4v) is 2.58. The molecule has 28 heavy (non-hydrogen) atoms. The van der Waals surface area contributed by atoms with E-state index >= 15 is 0 Å². The maximum Gasteiger partial charge on any atom is 0.343 e. The summed E-state index contributed by atoms with van der Waals surface area (Å²) >= 11 is 0. The molecule has 0 aliphatic rings. The predicted molar refractivity (Wildman–Crippen MR) is 102 cm³/mol. The third kappa shape index (κ3) is 4.09. The van der Waals surface area contributed by atoms with Gasteiger partial charge in [-0.1, -0.05) is 6.07 Å². The second-order valence-electron chi connectivity index (χ2n) is 5.98. The number of benzene rings is 2. The summed E-state index contributed by atoms with van der Waals surface area (Å²) < 4.78 is 18.2. The van der Waals surface area contributed by atoms with Crippen LogP contribution in [0.5, 0.6) is 5.75 Å². The van der Waals surface area contributed by atoms with E-state index in [1.165, 1.54) is 24.3 Å². The summed E-state index contributed by atoms with van der Waals surface area (Å²) in [4.78, 5) is 25.4. The Hall–Kier alpha value is -3.87. The number of ether oxygens (including phenoxy) is 1. The molecule has 0 spiro atoms. The van der Waals surface area contributed by atoms with Crippen molar-refractivity contribution in [1.82, 2.24) is 15.0 Å². The Bertz CT molecular complexity index is 1120. The Morgan fingerprint density at radius 2 is 1.86 bits per heavy atom. The van der Waals surface area contributed by atoms with Crippen LogP contribution in [0.25, 0.3) is 11.0 Å². The van der Waals surface area contributed by atoms with E-state index in [4.69, 9.17) is 4.74 Å². The lowest BCUT2D eigenvalue weighted by Crippen LogP contribution is -2.09. The van der Waals surface area contributed by atoms with Gasteiger partial charge in [0, 0.05) is 6.20 Å². The van der Waals surface area contributed by atoms with Gasteiger partial charge < -0.3 is 10.1 Å². The van der Waals surface area contributed by atoms with Crippen LogP contribution in [0.4, 0.5) is 10.2 Å². The molecule has 0 aliphatic heterocycles. The molecule has 0 aliphatic carbocycles. The molecule has 4 aromatic rings. The van der Waals surface area contributed by atoms with Crippen LogP contribution in [-0.2, 0) is 6.54 Å². The van der Waals surface area contributed by atoms with E-state index in [0.29, 0.717) is 29.0 Å². The first-order valence-corrected chi connectivity index (χ1v) is 8.56. The summed E-state index contributed by atoms with van der Waals surface area (Å²) in [5.74, 6) is -0.112. The zero-order chi connectivity index (χ0) is 19.3. The smallest absolute Gasteiger partial charge is 0.343 e. The van der Waals surface area contributed by atoms with Gasteiger partial charge in [0.15, 0.2) is 0 Å². The Morgan fingerprint density at radius 1 is 1.00 bits per heavy atom. The van der Waals surface area contributed by atoms with Gasteiger partial charge in [0.05, 0.1) is 35.0 Å². The first-order chi connectivity index (χ1) is 13.7. The fraction of sp³-hybridized carbons (Fsp3) is 0.0476. The lowest BCUT2D eigenvalue weighted by Gasteiger charge is -2.07.